The molecule has 0 amide bonds. The minimum absolute atomic E-state index is 0.201. The SMILES string of the molecule is CCC1(F)c2ccccc2N2c3ncncc3N(c3ccccc3C)C2C1C. The van der Waals surface area contributed by atoms with Crippen molar-refractivity contribution in [2.75, 3.05) is 9.80 Å². The Balaban J connectivity index is 1.81. The molecule has 3 unspecified atom stereocenters. The van der Waals surface area contributed by atoms with Crippen LogP contribution in [0, 0.1) is 12.8 Å². The first-order chi connectivity index (χ1) is 13.6. The molecule has 0 N–H and O–H groups in total. The van der Waals surface area contributed by atoms with E-state index in [4.69, 9.17) is 0 Å². The van der Waals surface area contributed by atoms with Gasteiger partial charge in [-0.15, -0.1) is 0 Å². The fraction of sp³-hybridized carbons (Fsp3) is 0.304. The third kappa shape index (κ3) is 2.10. The highest BCUT2D eigenvalue weighted by Gasteiger charge is 2.55. The number of rotatable bonds is 2. The van der Waals surface area contributed by atoms with Gasteiger partial charge in [0.05, 0.1) is 11.9 Å². The molecule has 0 fully saturated rings. The van der Waals surface area contributed by atoms with E-state index in [2.05, 4.69) is 38.8 Å². The average molecular weight is 374 g/mol. The second-order valence-electron chi connectivity index (χ2n) is 7.69. The molecule has 3 aromatic rings. The summed E-state index contributed by atoms with van der Waals surface area (Å²) in [6.07, 6.45) is 3.64. The first kappa shape index (κ1) is 17.2. The minimum Gasteiger partial charge on any atom is -0.315 e. The molecule has 0 spiro atoms. The van der Waals surface area contributed by atoms with E-state index in [1.165, 1.54) is 0 Å². The van der Waals surface area contributed by atoms with Crippen molar-refractivity contribution in [3.8, 4) is 0 Å². The van der Waals surface area contributed by atoms with Crippen molar-refractivity contribution in [1.82, 2.24) is 9.97 Å². The van der Waals surface area contributed by atoms with Crippen LogP contribution in [0.15, 0.2) is 61.1 Å². The Hall–Kier alpha value is -2.95. The van der Waals surface area contributed by atoms with Gasteiger partial charge in [-0.2, -0.15) is 0 Å². The van der Waals surface area contributed by atoms with E-state index in [9.17, 15) is 0 Å². The molecule has 2 aliphatic heterocycles. The molecule has 0 saturated carbocycles. The maximum absolute atomic E-state index is 16.4. The number of hydrogen-bond donors (Lipinski definition) is 0. The fourth-order valence-corrected chi connectivity index (χ4v) is 4.89. The summed E-state index contributed by atoms with van der Waals surface area (Å²) in [7, 11) is 0. The monoisotopic (exact) mass is 374 g/mol. The summed E-state index contributed by atoms with van der Waals surface area (Å²) in [5.74, 6) is 0.571. The van der Waals surface area contributed by atoms with Crippen LogP contribution < -0.4 is 9.80 Å². The molecule has 3 atom stereocenters. The highest BCUT2D eigenvalue weighted by atomic mass is 19.1. The third-order valence-corrected chi connectivity index (χ3v) is 6.36. The summed E-state index contributed by atoms with van der Waals surface area (Å²) < 4.78 is 16.4. The highest BCUT2D eigenvalue weighted by Crippen LogP contribution is 2.58. The molecular formula is C23H23FN4. The minimum atomic E-state index is -1.41. The van der Waals surface area contributed by atoms with Crippen LogP contribution in [0.25, 0.3) is 0 Å². The number of halogens is 1. The van der Waals surface area contributed by atoms with Gasteiger partial charge in [0.2, 0.25) is 0 Å². The number of fused-ring (bicyclic) bond motifs is 5. The quantitative estimate of drug-likeness (QED) is 0.582. The fourth-order valence-electron chi connectivity index (χ4n) is 4.89. The average Bonchev–Trinajstić information content (AvgIpc) is 3.07. The van der Waals surface area contributed by atoms with Crippen molar-refractivity contribution >= 4 is 22.9 Å². The number of aromatic nitrogens is 2. The van der Waals surface area contributed by atoms with Gasteiger partial charge in [-0.25, -0.2) is 14.4 Å². The van der Waals surface area contributed by atoms with Crippen LogP contribution in [0.4, 0.5) is 27.3 Å². The number of alkyl halides is 1. The third-order valence-electron chi connectivity index (χ3n) is 6.36. The van der Waals surface area contributed by atoms with Gasteiger partial charge in [0.15, 0.2) is 5.82 Å². The normalized spacial score (nSPS) is 25.3. The Bertz CT molecular complexity index is 1050. The van der Waals surface area contributed by atoms with Crippen molar-refractivity contribution in [3.63, 3.8) is 0 Å². The van der Waals surface area contributed by atoms with Gasteiger partial charge in [0, 0.05) is 17.2 Å². The number of para-hydroxylation sites is 2. The van der Waals surface area contributed by atoms with Gasteiger partial charge < -0.3 is 9.80 Å². The highest BCUT2D eigenvalue weighted by molar-refractivity contribution is 5.88. The molecule has 4 nitrogen and oxygen atoms in total. The lowest BCUT2D eigenvalue weighted by Crippen LogP contribution is -2.54. The molecule has 1 aromatic heterocycles. The number of aryl methyl sites for hydroxylation is 1. The molecule has 0 bridgehead atoms. The number of benzene rings is 2. The van der Waals surface area contributed by atoms with Gasteiger partial charge >= 0.3 is 0 Å². The second-order valence-corrected chi connectivity index (χ2v) is 7.69. The Morgan fingerprint density at radius 3 is 2.46 bits per heavy atom. The Labute approximate surface area is 164 Å². The summed E-state index contributed by atoms with van der Waals surface area (Å²) in [6.45, 7) is 6.04. The molecule has 2 aromatic carbocycles. The van der Waals surface area contributed by atoms with Crippen LogP contribution in [0.3, 0.4) is 0 Å². The lowest BCUT2D eigenvalue weighted by atomic mass is 9.75. The summed E-state index contributed by atoms with van der Waals surface area (Å²) in [4.78, 5) is 13.3. The van der Waals surface area contributed by atoms with E-state index in [1.807, 2.05) is 56.4 Å². The van der Waals surface area contributed by atoms with Gasteiger partial charge in [-0.3, -0.25) is 0 Å². The summed E-state index contributed by atoms with van der Waals surface area (Å²) in [5, 5.41) is 0. The molecular weight excluding hydrogens is 351 g/mol. The molecule has 5 heteroatoms. The molecule has 5 rings (SSSR count). The van der Waals surface area contributed by atoms with Gasteiger partial charge in [0.25, 0.3) is 0 Å². The standard InChI is InChI=1S/C23H23FN4/c1-4-23(24)16(3)22-27(18-11-7-5-9-15(18)2)20-13-25-14-26-21(20)28(22)19-12-8-6-10-17(19)23/h5-14,16,22H,4H2,1-3H3. The Morgan fingerprint density at radius 1 is 1.00 bits per heavy atom. The molecule has 0 aliphatic carbocycles. The largest absolute Gasteiger partial charge is 0.315 e. The van der Waals surface area contributed by atoms with E-state index >= 15 is 4.39 Å². The summed E-state index contributed by atoms with van der Waals surface area (Å²) in [5.41, 5.74) is 3.36. The Kier molecular flexibility index (Phi) is 3.69. The zero-order chi connectivity index (χ0) is 19.5. The van der Waals surface area contributed by atoms with Gasteiger partial charge in [0.1, 0.15) is 23.8 Å². The van der Waals surface area contributed by atoms with Crippen LogP contribution in [0.5, 0.6) is 0 Å². The summed E-state index contributed by atoms with van der Waals surface area (Å²) >= 11 is 0. The number of nitrogens with zero attached hydrogens (tertiary/aromatic N) is 4. The van der Waals surface area contributed by atoms with E-state index < -0.39 is 5.67 Å². The Morgan fingerprint density at radius 2 is 1.71 bits per heavy atom. The molecule has 0 radical (unpaired) electrons. The van der Waals surface area contributed by atoms with Gasteiger partial charge in [-0.1, -0.05) is 50.2 Å². The molecule has 3 heterocycles. The van der Waals surface area contributed by atoms with E-state index in [0.717, 1.165) is 34.0 Å². The number of hydrogen-bond acceptors (Lipinski definition) is 4. The zero-order valence-electron chi connectivity index (χ0n) is 16.3. The molecule has 0 saturated heterocycles. The molecule has 28 heavy (non-hydrogen) atoms. The lowest BCUT2D eigenvalue weighted by Gasteiger charge is -2.48. The topological polar surface area (TPSA) is 32.3 Å². The van der Waals surface area contributed by atoms with Crippen LogP contribution >= 0.6 is 0 Å². The van der Waals surface area contributed by atoms with Crippen molar-refractivity contribution in [3.05, 3.63) is 72.2 Å². The first-order valence-corrected chi connectivity index (χ1v) is 9.80. The van der Waals surface area contributed by atoms with E-state index in [1.54, 1.807) is 6.33 Å². The maximum Gasteiger partial charge on any atom is 0.162 e. The van der Waals surface area contributed by atoms with E-state index in [-0.39, 0.29) is 12.1 Å². The predicted molar refractivity (Wildman–Crippen MR) is 110 cm³/mol. The van der Waals surface area contributed by atoms with Crippen LogP contribution in [0.2, 0.25) is 0 Å². The van der Waals surface area contributed by atoms with Crippen LogP contribution in [-0.4, -0.2) is 16.1 Å². The van der Waals surface area contributed by atoms with Crippen LogP contribution in [-0.2, 0) is 5.67 Å². The van der Waals surface area contributed by atoms with Crippen molar-refractivity contribution in [1.29, 1.82) is 0 Å². The maximum atomic E-state index is 16.4. The van der Waals surface area contributed by atoms with Crippen molar-refractivity contribution < 1.29 is 4.39 Å². The first-order valence-electron chi connectivity index (χ1n) is 9.80. The smallest absolute Gasteiger partial charge is 0.162 e. The van der Waals surface area contributed by atoms with Crippen molar-refractivity contribution in [2.24, 2.45) is 5.92 Å². The molecule has 142 valence electrons. The van der Waals surface area contributed by atoms with E-state index in [0.29, 0.717) is 6.42 Å². The predicted octanol–water partition coefficient (Wildman–Crippen LogP) is 5.63. The summed E-state index contributed by atoms with van der Waals surface area (Å²) in [6, 6.07) is 16.1. The van der Waals surface area contributed by atoms with Crippen molar-refractivity contribution in [2.45, 2.75) is 39.0 Å². The lowest BCUT2D eigenvalue weighted by molar-refractivity contribution is 0.0620. The second kappa shape index (κ2) is 6.03. The molecule has 2 aliphatic rings. The van der Waals surface area contributed by atoms with Gasteiger partial charge in [-0.05, 0) is 31.0 Å². The number of anilines is 4. The van der Waals surface area contributed by atoms with Crippen LogP contribution in [0.1, 0.15) is 31.4 Å². The zero-order valence-corrected chi connectivity index (χ0v) is 16.3.